The number of nitrogens with zero attached hydrogens (tertiary/aromatic N) is 2. The first-order chi connectivity index (χ1) is 10.2. The number of aryl methyl sites for hydroxylation is 2. The fraction of sp³-hybridized carbons (Fsp3) is 0.500. The van der Waals surface area contributed by atoms with E-state index in [-0.39, 0.29) is 0 Å². The van der Waals surface area contributed by atoms with Crippen molar-refractivity contribution in [1.82, 2.24) is 15.6 Å². The van der Waals surface area contributed by atoms with Crippen LogP contribution in [0.25, 0.3) is 0 Å². The molecule has 1 atom stereocenters. The molecular formula is C16H23N3O2. The van der Waals surface area contributed by atoms with Crippen molar-refractivity contribution in [1.29, 1.82) is 0 Å². The third kappa shape index (κ3) is 4.86. The van der Waals surface area contributed by atoms with Gasteiger partial charge in [0.15, 0.2) is 0 Å². The van der Waals surface area contributed by atoms with Gasteiger partial charge >= 0.3 is 0 Å². The van der Waals surface area contributed by atoms with Gasteiger partial charge in [0.25, 0.3) is 0 Å². The van der Waals surface area contributed by atoms with E-state index in [1.165, 1.54) is 5.56 Å². The van der Waals surface area contributed by atoms with Crippen molar-refractivity contribution in [3.63, 3.8) is 0 Å². The maximum atomic E-state index is 5.68. The van der Waals surface area contributed by atoms with Crippen LogP contribution in [0.4, 0.5) is 0 Å². The molecule has 1 heterocycles. The molecule has 0 aliphatic heterocycles. The van der Waals surface area contributed by atoms with Gasteiger partial charge < -0.3 is 10.1 Å². The van der Waals surface area contributed by atoms with Crippen LogP contribution < -0.4 is 10.1 Å². The van der Waals surface area contributed by atoms with Gasteiger partial charge in [0.1, 0.15) is 23.7 Å². The number of nitrogens with one attached hydrogen (secondary N) is 1. The summed E-state index contributed by atoms with van der Waals surface area (Å²) in [4.78, 5) is 0. The van der Waals surface area contributed by atoms with Crippen LogP contribution in [0.15, 0.2) is 28.9 Å². The molecule has 0 spiro atoms. The average molecular weight is 289 g/mol. The second-order valence-electron chi connectivity index (χ2n) is 5.23. The summed E-state index contributed by atoms with van der Waals surface area (Å²) in [6.07, 6.45) is 2.21. The number of rotatable bonds is 8. The Morgan fingerprint density at radius 1 is 1.24 bits per heavy atom. The molecule has 114 valence electrons. The lowest BCUT2D eigenvalue weighted by molar-refractivity contribution is 0.270. The van der Waals surface area contributed by atoms with Gasteiger partial charge in [0, 0.05) is 6.04 Å². The molecule has 21 heavy (non-hydrogen) atoms. The van der Waals surface area contributed by atoms with Crippen LogP contribution in [0.1, 0.15) is 37.2 Å². The van der Waals surface area contributed by atoms with Crippen molar-refractivity contribution in [2.45, 2.75) is 46.3 Å². The highest BCUT2D eigenvalue weighted by Crippen LogP contribution is 2.15. The Kier molecular flexibility index (Phi) is 5.75. The fourth-order valence-electron chi connectivity index (χ4n) is 2.12. The number of benzene rings is 1. The molecule has 1 aromatic heterocycles. The molecule has 0 bridgehead atoms. The van der Waals surface area contributed by atoms with Crippen LogP contribution in [-0.2, 0) is 13.0 Å². The Labute approximate surface area is 125 Å². The van der Waals surface area contributed by atoms with Gasteiger partial charge in [-0.2, -0.15) is 0 Å². The maximum Gasteiger partial charge on any atom is 0.145 e. The number of hydrogen-bond acceptors (Lipinski definition) is 5. The predicted octanol–water partition coefficient (Wildman–Crippen LogP) is 2.89. The van der Waals surface area contributed by atoms with Crippen molar-refractivity contribution >= 4 is 0 Å². The van der Waals surface area contributed by atoms with Gasteiger partial charge in [-0.15, -0.1) is 0 Å². The first-order valence-corrected chi connectivity index (χ1v) is 7.42. The first kappa shape index (κ1) is 15.5. The van der Waals surface area contributed by atoms with E-state index in [1.54, 1.807) is 0 Å². The Morgan fingerprint density at radius 3 is 2.62 bits per heavy atom. The lowest BCUT2D eigenvalue weighted by Crippen LogP contribution is -2.25. The van der Waals surface area contributed by atoms with Gasteiger partial charge in [-0.05, 0) is 50.9 Å². The molecule has 0 radical (unpaired) electrons. The quantitative estimate of drug-likeness (QED) is 0.809. The first-order valence-electron chi connectivity index (χ1n) is 7.42. The maximum absolute atomic E-state index is 5.68. The molecule has 0 aliphatic carbocycles. The van der Waals surface area contributed by atoms with Crippen LogP contribution in [0.2, 0.25) is 0 Å². The van der Waals surface area contributed by atoms with E-state index in [4.69, 9.17) is 4.74 Å². The molecule has 2 aromatic rings. The molecule has 0 aliphatic rings. The molecule has 1 unspecified atom stereocenters. The van der Waals surface area contributed by atoms with E-state index in [0.717, 1.165) is 36.5 Å². The topological polar surface area (TPSA) is 60.2 Å². The highest BCUT2D eigenvalue weighted by Gasteiger charge is 2.06. The zero-order valence-electron chi connectivity index (χ0n) is 12.9. The second-order valence-corrected chi connectivity index (χ2v) is 5.23. The largest absolute Gasteiger partial charge is 0.487 e. The van der Waals surface area contributed by atoms with Gasteiger partial charge in [-0.25, -0.2) is 4.63 Å². The summed E-state index contributed by atoms with van der Waals surface area (Å²) in [7, 11) is 0. The number of ether oxygens (including phenoxy) is 1. The van der Waals surface area contributed by atoms with E-state index in [9.17, 15) is 0 Å². The summed E-state index contributed by atoms with van der Waals surface area (Å²) < 4.78 is 10.3. The summed E-state index contributed by atoms with van der Waals surface area (Å²) in [6.45, 7) is 7.60. The molecule has 2 rings (SSSR count). The van der Waals surface area contributed by atoms with Gasteiger partial charge in [0.2, 0.25) is 0 Å². The standard InChI is InChI=1S/C16H23N3O2/c1-4-17-12(2)5-6-14-7-9-15(10-8-14)20-11-16-13(3)18-21-19-16/h7-10,12,17H,4-6,11H2,1-3H3. The molecule has 5 heteroatoms. The normalized spacial score (nSPS) is 12.3. The van der Waals surface area contributed by atoms with Crippen molar-refractivity contribution in [3.05, 3.63) is 41.2 Å². The highest BCUT2D eigenvalue weighted by molar-refractivity contribution is 5.27. The monoisotopic (exact) mass is 289 g/mol. The zero-order chi connectivity index (χ0) is 15.1. The molecule has 0 amide bonds. The number of aromatic nitrogens is 2. The van der Waals surface area contributed by atoms with Crippen LogP contribution in [0.5, 0.6) is 5.75 Å². The minimum absolute atomic E-state index is 0.381. The molecule has 5 nitrogen and oxygen atoms in total. The van der Waals surface area contributed by atoms with Crippen molar-refractivity contribution < 1.29 is 9.37 Å². The third-order valence-corrected chi connectivity index (χ3v) is 3.46. The lowest BCUT2D eigenvalue weighted by atomic mass is 10.1. The molecule has 0 saturated heterocycles. The summed E-state index contributed by atoms with van der Waals surface area (Å²) in [6, 6.07) is 8.77. The summed E-state index contributed by atoms with van der Waals surface area (Å²) in [5, 5.41) is 10.9. The van der Waals surface area contributed by atoms with E-state index in [1.807, 2.05) is 19.1 Å². The molecule has 1 aromatic carbocycles. The molecule has 1 N–H and O–H groups in total. The Hall–Kier alpha value is -1.88. The second kappa shape index (κ2) is 7.78. The molecule has 0 saturated carbocycles. The zero-order valence-corrected chi connectivity index (χ0v) is 12.9. The van der Waals surface area contributed by atoms with Crippen molar-refractivity contribution in [3.8, 4) is 5.75 Å². The lowest BCUT2D eigenvalue weighted by Gasteiger charge is -2.12. The van der Waals surface area contributed by atoms with Gasteiger partial charge in [0.05, 0.1) is 0 Å². The van der Waals surface area contributed by atoms with E-state index in [2.05, 4.69) is 46.2 Å². The Morgan fingerprint density at radius 2 is 2.00 bits per heavy atom. The summed E-state index contributed by atoms with van der Waals surface area (Å²) in [5.74, 6) is 0.834. The highest BCUT2D eigenvalue weighted by atomic mass is 16.6. The van der Waals surface area contributed by atoms with E-state index >= 15 is 0 Å². The third-order valence-electron chi connectivity index (χ3n) is 3.46. The van der Waals surface area contributed by atoms with Crippen molar-refractivity contribution in [2.75, 3.05) is 6.54 Å². The number of hydrogen-bond donors (Lipinski definition) is 1. The predicted molar refractivity (Wildman–Crippen MR) is 81.3 cm³/mol. The fourth-order valence-corrected chi connectivity index (χ4v) is 2.12. The minimum atomic E-state index is 0.381. The Bertz CT molecular complexity index is 537. The smallest absolute Gasteiger partial charge is 0.145 e. The summed E-state index contributed by atoms with van der Waals surface area (Å²) in [5.41, 5.74) is 2.83. The van der Waals surface area contributed by atoms with E-state index < -0.39 is 0 Å². The van der Waals surface area contributed by atoms with Gasteiger partial charge in [-0.1, -0.05) is 29.4 Å². The van der Waals surface area contributed by atoms with Crippen molar-refractivity contribution in [2.24, 2.45) is 0 Å². The molecule has 0 fully saturated rings. The van der Waals surface area contributed by atoms with Crippen LogP contribution in [-0.4, -0.2) is 22.9 Å². The molecular weight excluding hydrogens is 266 g/mol. The van der Waals surface area contributed by atoms with Crippen LogP contribution in [0.3, 0.4) is 0 Å². The van der Waals surface area contributed by atoms with E-state index in [0.29, 0.717) is 12.6 Å². The Balaban J connectivity index is 1.80. The minimum Gasteiger partial charge on any atom is -0.487 e. The SMILES string of the molecule is CCNC(C)CCc1ccc(OCc2nonc2C)cc1. The van der Waals surface area contributed by atoms with Crippen LogP contribution >= 0.6 is 0 Å². The average Bonchev–Trinajstić information content (AvgIpc) is 2.90. The van der Waals surface area contributed by atoms with Crippen LogP contribution in [0, 0.1) is 6.92 Å². The van der Waals surface area contributed by atoms with Gasteiger partial charge in [-0.3, -0.25) is 0 Å². The summed E-state index contributed by atoms with van der Waals surface area (Å²) >= 11 is 0.